The summed E-state index contributed by atoms with van der Waals surface area (Å²) in [7, 11) is 5.43. The molecule has 6 heteroatoms. The third-order valence-corrected chi connectivity index (χ3v) is 2.86. The molecule has 5 nitrogen and oxygen atoms in total. The zero-order valence-corrected chi connectivity index (χ0v) is 12.9. The lowest BCUT2D eigenvalue weighted by molar-refractivity contribution is 0.0601. The first-order valence-corrected chi connectivity index (χ1v) is 6.81. The molecule has 0 bridgehead atoms. The van der Waals surface area contributed by atoms with Crippen molar-refractivity contribution >= 4 is 29.0 Å². The van der Waals surface area contributed by atoms with Crippen LogP contribution in [0.5, 0.6) is 0 Å². The molecule has 0 aromatic heterocycles. The van der Waals surface area contributed by atoms with Gasteiger partial charge >= 0.3 is 5.97 Å². The second kappa shape index (κ2) is 8.50. The van der Waals surface area contributed by atoms with Crippen molar-refractivity contribution in [3.63, 3.8) is 0 Å². The van der Waals surface area contributed by atoms with Gasteiger partial charge in [0, 0.05) is 12.2 Å². The average molecular weight is 295 g/mol. The van der Waals surface area contributed by atoms with Crippen molar-refractivity contribution in [2.75, 3.05) is 39.6 Å². The number of anilines is 1. The Balaban J connectivity index is 2.43. The summed E-state index contributed by atoms with van der Waals surface area (Å²) in [5.74, 6) is -0.362. The van der Waals surface area contributed by atoms with E-state index in [-0.39, 0.29) is 5.97 Å². The predicted octanol–water partition coefficient (Wildman–Crippen LogP) is 1.71. The molecule has 0 fully saturated rings. The van der Waals surface area contributed by atoms with Crippen LogP contribution in [0, 0.1) is 0 Å². The summed E-state index contributed by atoms with van der Waals surface area (Å²) in [5, 5.41) is 6.72. The predicted molar refractivity (Wildman–Crippen MR) is 85.2 cm³/mol. The molecule has 0 heterocycles. The van der Waals surface area contributed by atoms with Gasteiger partial charge < -0.3 is 20.3 Å². The molecular weight excluding hydrogens is 274 g/mol. The standard InChI is InChI=1S/C14H21N3O2S/c1-17(2)9-5-8-15-14(20)16-12-7-4-6-11(10-12)13(18)19-3/h4,6-7,10H,5,8-9H2,1-3H3,(H2,15,16,20). The van der Waals surface area contributed by atoms with Gasteiger partial charge in [-0.3, -0.25) is 0 Å². The van der Waals surface area contributed by atoms with Crippen LogP contribution in [-0.4, -0.2) is 50.3 Å². The van der Waals surface area contributed by atoms with Crippen LogP contribution in [0.15, 0.2) is 24.3 Å². The molecule has 0 spiro atoms. The minimum Gasteiger partial charge on any atom is -0.465 e. The number of carbonyl (C=O) groups excluding carboxylic acids is 1. The Morgan fingerprint density at radius 2 is 2.15 bits per heavy atom. The van der Waals surface area contributed by atoms with Gasteiger partial charge in [0.1, 0.15) is 0 Å². The Labute approximate surface area is 125 Å². The lowest BCUT2D eigenvalue weighted by atomic mass is 10.2. The van der Waals surface area contributed by atoms with E-state index < -0.39 is 0 Å². The molecule has 20 heavy (non-hydrogen) atoms. The summed E-state index contributed by atoms with van der Waals surface area (Å²) < 4.78 is 4.68. The van der Waals surface area contributed by atoms with Crippen molar-refractivity contribution in [3.05, 3.63) is 29.8 Å². The van der Waals surface area contributed by atoms with Gasteiger partial charge in [0.15, 0.2) is 5.11 Å². The molecule has 1 aromatic rings. The maximum atomic E-state index is 11.4. The molecule has 0 saturated heterocycles. The van der Waals surface area contributed by atoms with E-state index in [1.54, 1.807) is 18.2 Å². The highest BCUT2D eigenvalue weighted by Gasteiger charge is 2.06. The summed E-state index contributed by atoms with van der Waals surface area (Å²) in [6.45, 7) is 1.81. The van der Waals surface area contributed by atoms with E-state index in [1.807, 2.05) is 20.2 Å². The average Bonchev–Trinajstić information content (AvgIpc) is 2.43. The van der Waals surface area contributed by atoms with Gasteiger partial charge in [-0.2, -0.15) is 0 Å². The van der Waals surface area contributed by atoms with Gasteiger partial charge in [0.2, 0.25) is 0 Å². The first kappa shape index (κ1) is 16.4. The number of nitrogens with zero attached hydrogens (tertiary/aromatic N) is 1. The molecule has 1 rings (SSSR count). The molecule has 0 amide bonds. The highest BCUT2D eigenvalue weighted by Crippen LogP contribution is 2.11. The molecule has 1 aromatic carbocycles. The summed E-state index contributed by atoms with van der Waals surface area (Å²) in [6.07, 6.45) is 1.01. The Hall–Kier alpha value is -1.66. The fourth-order valence-corrected chi connectivity index (χ4v) is 1.83. The third-order valence-electron chi connectivity index (χ3n) is 2.61. The van der Waals surface area contributed by atoms with Crippen molar-refractivity contribution in [3.8, 4) is 0 Å². The second-order valence-corrected chi connectivity index (χ2v) is 5.02. The Kier molecular flexibility index (Phi) is 6.97. The van der Waals surface area contributed by atoms with Crippen LogP contribution in [0.3, 0.4) is 0 Å². The van der Waals surface area contributed by atoms with Crippen LogP contribution in [0.1, 0.15) is 16.8 Å². The van der Waals surface area contributed by atoms with E-state index >= 15 is 0 Å². The van der Waals surface area contributed by atoms with Crippen molar-refractivity contribution in [1.82, 2.24) is 10.2 Å². The maximum Gasteiger partial charge on any atom is 0.337 e. The number of hydrogen-bond donors (Lipinski definition) is 2. The van der Waals surface area contributed by atoms with E-state index in [0.717, 1.165) is 25.2 Å². The van der Waals surface area contributed by atoms with Crippen LogP contribution < -0.4 is 10.6 Å². The number of carbonyl (C=O) groups is 1. The first-order chi connectivity index (χ1) is 9.52. The van der Waals surface area contributed by atoms with Crippen LogP contribution in [0.4, 0.5) is 5.69 Å². The number of ether oxygens (including phenoxy) is 1. The van der Waals surface area contributed by atoms with Crippen molar-refractivity contribution in [1.29, 1.82) is 0 Å². The molecule has 0 atom stereocenters. The van der Waals surface area contributed by atoms with Crippen molar-refractivity contribution in [2.24, 2.45) is 0 Å². The van der Waals surface area contributed by atoms with Gasteiger partial charge in [0.05, 0.1) is 12.7 Å². The number of methoxy groups -OCH3 is 1. The summed E-state index contributed by atoms with van der Waals surface area (Å²) in [4.78, 5) is 13.5. The van der Waals surface area contributed by atoms with E-state index in [0.29, 0.717) is 10.7 Å². The second-order valence-electron chi connectivity index (χ2n) is 4.61. The largest absolute Gasteiger partial charge is 0.465 e. The fourth-order valence-electron chi connectivity index (χ4n) is 1.61. The van der Waals surface area contributed by atoms with Crippen LogP contribution in [0.25, 0.3) is 0 Å². The zero-order valence-electron chi connectivity index (χ0n) is 12.1. The topological polar surface area (TPSA) is 53.6 Å². The quantitative estimate of drug-likeness (QED) is 0.473. The molecule has 110 valence electrons. The summed E-state index contributed by atoms with van der Waals surface area (Å²) in [5.41, 5.74) is 1.26. The van der Waals surface area contributed by atoms with E-state index in [4.69, 9.17) is 12.2 Å². The highest BCUT2D eigenvalue weighted by atomic mass is 32.1. The smallest absolute Gasteiger partial charge is 0.337 e. The summed E-state index contributed by atoms with van der Waals surface area (Å²) >= 11 is 5.20. The normalized spacial score (nSPS) is 10.2. The summed E-state index contributed by atoms with van der Waals surface area (Å²) in [6, 6.07) is 7.04. The molecule has 0 unspecified atom stereocenters. The number of hydrogen-bond acceptors (Lipinski definition) is 4. The van der Waals surface area contributed by atoms with Gasteiger partial charge in [-0.15, -0.1) is 0 Å². The van der Waals surface area contributed by atoms with Crippen molar-refractivity contribution < 1.29 is 9.53 Å². The van der Waals surface area contributed by atoms with Gasteiger partial charge in [-0.05, 0) is 57.5 Å². The Morgan fingerprint density at radius 3 is 2.80 bits per heavy atom. The number of esters is 1. The lowest BCUT2D eigenvalue weighted by Crippen LogP contribution is -2.30. The monoisotopic (exact) mass is 295 g/mol. The molecule has 0 aliphatic carbocycles. The number of benzene rings is 1. The van der Waals surface area contributed by atoms with Crippen molar-refractivity contribution in [2.45, 2.75) is 6.42 Å². The third kappa shape index (κ3) is 5.99. The first-order valence-electron chi connectivity index (χ1n) is 6.41. The maximum absolute atomic E-state index is 11.4. The zero-order chi connectivity index (χ0) is 15.0. The number of nitrogens with one attached hydrogen (secondary N) is 2. The minimum atomic E-state index is -0.362. The van der Waals surface area contributed by atoms with Crippen LogP contribution >= 0.6 is 12.2 Å². The lowest BCUT2D eigenvalue weighted by Gasteiger charge is -2.13. The van der Waals surface area contributed by atoms with E-state index in [2.05, 4.69) is 20.3 Å². The molecular formula is C14H21N3O2S. The molecule has 0 saturated carbocycles. The molecule has 0 radical (unpaired) electrons. The van der Waals surface area contributed by atoms with Gasteiger partial charge in [-0.25, -0.2) is 4.79 Å². The van der Waals surface area contributed by atoms with Gasteiger partial charge in [0.25, 0.3) is 0 Å². The Bertz CT molecular complexity index is 463. The highest BCUT2D eigenvalue weighted by molar-refractivity contribution is 7.80. The number of rotatable bonds is 6. The molecule has 2 N–H and O–H groups in total. The number of thiocarbonyl (C=S) groups is 1. The van der Waals surface area contributed by atoms with Crippen LogP contribution in [0.2, 0.25) is 0 Å². The minimum absolute atomic E-state index is 0.362. The van der Waals surface area contributed by atoms with Crippen LogP contribution in [-0.2, 0) is 4.74 Å². The molecule has 0 aliphatic heterocycles. The van der Waals surface area contributed by atoms with E-state index in [9.17, 15) is 4.79 Å². The SMILES string of the molecule is COC(=O)c1cccc(NC(=S)NCCCN(C)C)c1. The molecule has 0 aliphatic rings. The van der Waals surface area contributed by atoms with E-state index in [1.165, 1.54) is 7.11 Å². The Morgan fingerprint density at radius 1 is 1.40 bits per heavy atom. The fraction of sp³-hybridized carbons (Fsp3) is 0.429. The van der Waals surface area contributed by atoms with Gasteiger partial charge in [-0.1, -0.05) is 6.07 Å².